The first kappa shape index (κ1) is 14.4. The third-order valence-corrected chi connectivity index (χ3v) is 3.47. The number of carbonyl (C=O) groups excluding carboxylic acids is 2. The van der Waals surface area contributed by atoms with Crippen molar-refractivity contribution in [3.8, 4) is 0 Å². The van der Waals surface area contributed by atoms with Crippen LogP contribution in [0.15, 0.2) is 17.1 Å². The van der Waals surface area contributed by atoms with E-state index in [-0.39, 0.29) is 0 Å². The smallest absolute Gasteiger partial charge is 0.344 e. The van der Waals surface area contributed by atoms with Gasteiger partial charge < -0.3 is 9.80 Å². The Balaban J connectivity index is 2.41. The first-order valence-electron chi connectivity index (χ1n) is 5.69. The number of halogens is 3. The van der Waals surface area contributed by atoms with Crippen LogP contribution in [-0.2, 0) is 4.79 Å². The average molecular weight is 290 g/mol. The lowest BCUT2D eigenvalue weighted by Gasteiger charge is -2.39. The molecule has 0 N–H and O–H groups in total. The topological polar surface area (TPSA) is 56.2 Å². The summed E-state index contributed by atoms with van der Waals surface area (Å²) < 4.78 is 38.2. The lowest BCUT2D eigenvalue weighted by atomic mass is 10.1. The van der Waals surface area contributed by atoms with Crippen molar-refractivity contribution in [2.24, 2.45) is 4.99 Å². The molecule has 3 amide bonds. The summed E-state index contributed by atoms with van der Waals surface area (Å²) in [6.07, 6.45) is -5.61. The molecule has 0 spiro atoms. The molecule has 0 aromatic carbocycles. The molecule has 110 valence electrons. The van der Waals surface area contributed by atoms with Gasteiger partial charge in [0.15, 0.2) is 12.2 Å². The molecule has 2 unspecified atom stereocenters. The van der Waals surface area contributed by atoms with Crippen LogP contribution < -0.4 is 0 Å². The second-order valence-corrected chi connectivity index (χ2v) is 4.69. The molecule has 1 saturated heterocycles. The number of aliphatic imine (C=N–C) groups is 1. The number of rotatable bonds is 1. The lowest BCUT2D eigenvalue weighted by Crippen LogP contribution is -2.63. The quantitative estimate of drug-likeness (QED) is 0.713. The summed E-state index contributed by atoms with van der Waals surface area (Å²) >= 11 is 0. The maximum Gasteiger partial charge on any atom is 0.419 e. The first-order chi connectivity index (χ1) is 9.07. The number of alkyl halides is 3. The highest BCUT2D eigenvalue weighted by molar-refractivity contribution is 6.08. The van der Waals surface area contributed by atoms with Gasteiger partial charge in [0.2, 0.25) is 0 Å². The Morgan fingerprint density at radius 2 is 1.75 bits per heavy atom. The minimum atomic E-state index is -4.64. The molecule has 0 saturated carbocycles. The van der Waals surface area contributed by atoms with E-state index in [1.165, 1.54) is 21.1 Å². The normalized spacial score (nSPS) is 26.9. The van der Waals surface area contributed by atoms with E-state index in [0.717, 1.165) is 14.7 Å². The summed E-state index contributed by atoms with van der Waals surface area (Å²) in [6.45, 7) is 2.98. The number of likely N-dealkylation sites (N-methyl/N-ethyl adjacent to an activating group) is 3. The van der Waals surface area contributed by atoms with Crippen LogP contribution in [0.3, 0.4) is 0 Å². The van der Waals surface area contributed by atoms with Crippen LogP contribution in [0.4, 0.5) is 18.0 Å². The van der Waals surface area contributed by atoms with Gasteiger partial charge in [0.25, 0.3) is 5.91 Å². The van der Waals surface area contributed by atoms with Gasteiger partial charge in [-0.3, -0.25) is 9.69 Å². The van der Waals surface area contributed by atoms with Crippen LogP contribution in [0.5, 0.6) is 0 Å². The predicted molar refractivity (Wildman–Crippen MR) is 63.9 cm³/mol. The fourth-order valence-electron chi connectivity index (χ4n) is 2.27. The number of imide groups is 1. The van der Waals surface area contributed by atoms with Crippen LogP contribution in [0, 0.1) is 0 Å². The maximum atomic E-state index is 12.7. The van der Waals surface area contributed by atoms with Gasteiger partial charge in [0.05, 0.1) is 5.57 Å². The average Bonchev–Trinajstić information content (AvgIpc) is 2.69. The zero-order valence-electron chi connectivity index (χ0n) is 11.1. The molecular weight excluding hydrogens is 277 g/mol. The van der Waals surface area contributed by atoms with E-state index < -0.39 is 41.7 Å². The number of hydrogen-bond donors (Lipinski definition) is 0. The molecule has 0 aromatic heterocycles. The molecule has 2 aliphatic rings. The van der Waals surface area contributed by atoms with Crippen molar-refractivity contribution >= 4 is 17.8 Å². The van der Waals surface area contributed by atoms with Crippen molar-refractivity contribution in [2.45, 2.75) is 18.4 Å². The molecule has 2 atom stereocenters. The van der Waals surface area contributed by atoms with Crippen molar-refractivity contribution in [3.63, 3.8) is 0 Å². The molecule has 0 bridgehead atoms. The van der Waals surface area contributed by atoms with E-state index in [2.05, 4.69) is 11.6 Å². The van der Waals surface area contributed by atoms with Crippen LogP contribution in [0.2, 0.25) is 0 Å². The van der Waals surface area contributed by atoms with Crippen LogP contribution in [0.25, 0.3) is 0 Å². The Morgan fingerprint density at radius 3 is 2.25 bits per heavy atom. The summed E-state index contributed by atoms with van der Waals surface area (Å²) in [5, 5.41) is 0. The molecular formula is C11H13F3N4O2. The van der Waals surface area contributed by atoms with Gasteiger partial charge in [-0.05, 0) is 0 Å². The lowest BCUT2D eigenvalue weighted by molar-refractivity contribution is -0.135. The number of carbonyl (C=O) groups is 2. The van der Waals surface area contributed by atoms with Crippen molar-refractivity contribution < 1.29 is 22.8 Å². The third-order valence-electron chi connectivity index (χ3n) is 3.47. The Morgan fingerprint density at radius 1 is 1.20 bits per heavy atom. The van der Waals surface area contributed by atoms with Crippen LogP contribution >= 0.6 is 0 Å². The highest BCUT2D eigenvalue weighted by Crippen LogP contribution is 2.33. The van der Waals surface area contributed by atoms with E-state index in [1.54, 1.807) is 0 Å². The molecule has 0 radical (unpaired) electrons. The zero-order valence-corrected chi connectivity index (χ0v) is 11.1. The fourth-order valence-corrected chi connectivity index (χ4v) is 2.27. The standard InChI is InChI=1S/C11H13F3N4O2/c1-5(11(12,13)14)7-15-8-6(16(7)2)9(19)18(4)10(20)17(8)3/h6,8H,1H2,2-4H3. The highest BCUT2D eigenvalue weighted by Gasteiger charge is 2.52. The summed E-state index contributed by atoms with van der Waals surface area (Å²) in [4.78, 5) is 30.8. The minimum Gasteiger partial charge on any atom is -0.344 e. The number of fused-ring (bicyclic) bond motifs is 1. The monoisotopic (exact) mass is 290 g/mol. The van der Waals surface area contributed by atoms with Gasteiger partial charge in [-0.25, -0.2) is 9.79 Å². The molecule has 2 heterocycles. The number of hydrogen-bond acceptors (Lipinski definition) is 4. The van der Waals surface area contributed by atoms with Crippen LogP contribution in [0.1, 0.15) is 0 Å². The van der Waals surface area contributed by atoms with Gasteiger partial charge >= 0.3 is 12.2 Å². The maximum absolute atomic E-state index is 12.7. The number of amides is 3. The SMILES string of the molecule is C=C(C1=NC2C(C(=O)N(C)C(=O)N2C)N1C)C(F)(F)F. The second-order valence-electron chi connectivity index (χ2n) is 4.69. The fraction of sp³-hybridized carbons (Fsp3) is 0.545. The van der Waals surface area contributed by atoms with E-state index in [9.17, 15) is 22.8 Å². The number of nitrogens with zero attached hydrogens (tertiary/aromatic N) is 4. The van der Waals surface area contributed by atoms with Crippen molar-refractivity contribution in [3.05, 3.63) is 12.2 Å². The third kappa shape index (κ3) is 1.84. The molecule has 2 aliphatic heterocycles. The van der Waals surface area contributed by atoms with E-state index in [4.69, 9.17) is 0 Å². The van der Waals surface area contributed by atoms with Crippen molar-refractivity contribution in [1.82, 2.24) is 14.7 Å². The second kappa shape index (κ2) is 4.22. The van der Waals surface area contributed by atoms with Crippen molar-refractivity contribution in [1.29, 1.82) is 0 Å². The Kier molecular flexibility index (Phi) is 3.03. The largest absolute Gasteiger partial charge is 0.419 e. The number of urea groups is 1. The van der Waals surface area contributed by atoms with E-state index >= 15 is 0 Å². The molecule has 0 aliphatic carbocycles. The molecule has 1 fully saturated rings. The van der Waals surface area contributed by atoms with Gasteiger partial charge in [-0.1, -0.05) is 6.58 Å². The Bertz CT molecular complexity index is 528. The summed E-state index contributed by atoms with van der Waals surface area (Å²) in [7, 11) is 4.00. The first-order valence-corrected chi connectivity index (χ1v) is 5.69. The summed E-state index contributed by atoms with van der Waals surface area (Å²) in [5.74, 6) is -1.01. The molecule has 9 heteroatoms. The van der Waals surface area contributed by atoms with Crippen LogP contribution in [-0.4, -0.2) is 72.0 Å². The van der Waals surface area contributed by atoms with Gasteiger partial charge in [-0.2, -0.15) is 13.2 Å². The molecule has 0 aromatic rings. The van der Waals surface area contributed by atoms with Gasteiger partial charge in [-0.15, -0.1) is 0 Å². The highest BCUT2D eigenvalue weighted by atomic mass is 19.4. The van der Waals surface area contributed by atoms with Gasteiger partial charge in [0.1, 0.15) is 5.84 Å². The molecule has 6 nitrogen and oxygen atoms in total. The Hall–Kier alpha value is -2.06. The Labute approximate surface area is 113 Å². The van der Waals surface area contributed by atoms with E-state index in [1.807, 2.05) is 0 Å². The summed E-state index contributed by atoms with van der Waals surface area (Å²) in [6, 6.07) is -1.57. The zero-order chi connectivity index (χ0) is 15.4. The molecule has 20 heavy (non-hydrogen) atoms. The number of amidine groups is 1. The van der Waals surface area contributed by atoms with Gasteiger partial charge in [0, 0.05) is 21.1 Å². The predicted octanol–water partition coefficient (Wildman–Crippen LogP) is 0.667. The summed E-state index contributed by atoms with van der Waals surface area (Å²) in [5.41, 5.74) is -1.13. The van der Waals surface area contributed by atoms with Crippen molar-refractivity contribution in [2.75, 3.05) is 21.1 Å². The molecule has 2 rings (SSSR count). The minimum absolute atomic E-state index is 0.421. The van der Waals surface area contributed by atoms with E-state index in [0.29, 0.717) is 0 Å².